The van der Waals surface area contributed by atoms with Gasteiger partial charge in [-0.15, -0.1) is 0 Å². The minimum atomic E-state index is -0.673. The summed E-state index contributed by atoms with van der Waals surface area (Å²) >= 11 is 6.13. The number of aryl methyl sites for hydroxylation is 2. The normalized spacial score (nSPS) is 11.6. The second-order valence-corrected chi connectivity index (χ2v) is 9.47. The number of nitrogens with zero attached hydrogens (tertiary/aromatic N) is 1. The lowest BCUT2D eigenvalue weighted by molar-refractivity contribution is -0.142. The minimum absolute atomic E-state index is 0.157. The van der Waals surface area contributed by atoms with E-state index >= 15 is 0 Å². The van der Waals surface area contributed by atoms with Crippen molar-refractivity contribution in [3.8, 4) is 5.75 Å². The van der Waals surface area contributed by atoms with Gasteiger partial charge in [0.1, 0.15) is 11.8 Å². The third-order valence-electron chi connectivity index (χ3n) is 6.03. The first-order valence-electron chi connectivity index (χ1n) is 12.4. The largest absolute Gasteiger partial charge is 0.484 e. The molecule has 6 heteroatoms. The number of benzene rings is 3. The minimum Gasteiger partial charge on any atom is -0.484 e. The number of ether oxygens (including phenoxy) is 1. The molecule has 3 rings (SSSR count). The van der Waals surface area contributed by atoms with Crippen LogP contribution in [0.1, 0.15) is 42.0 Å². The Kier molecular flexibility index (Phi) is 10.4. The lowest BCUT2D eigenvalue weighted by Crippen LogP contribution is -2.51. The number of nitrogens with one attached hydrogen (secondary N) is 1. The summed E-state index contributed by atoms with van der Waals surface area (Å²) < 4.78 is 5.84. The molecule has 0 aromatic heterocycles. The van der Waals surface area contributed by atoms with E-state index in [1.54, 1.807) is 23.1 Å². The molecule has 0 spiro atoms. The van der Waals surface area contributed by atoms with Gasteiger partial charge in [0.25, 0.3) is 5.91 Å². The zero-order chi connectivity index (χ0) is 25.9. The summed E-state index contributed by atoms with van der Waals surface area (Å²) in [5.41, 5.74) is 3.92. The molecule has 1 N–H and O–H groups in total. The van der Waals surface area contributed by atoms with Gasteiger partial charge in [0.15, 0.2) is 6.61 Å². The zero-order valence-corrected chi connectivity index (χ0v) is 22.1. The van der Waals surface area contributed by atoms with Crippen LogP contribution in [0.5, 0.6) is 5.75 Å². The van der Waals surface area contributed by atoms with Crippen molar-refractivity contribution in [3.63, 3.8) is 0 Å². The van der Waals surface area contributed by atoms with Gasteiger partial charge in [0, 0.05) is 24.5 Å². The molecule has 0 radical (unpaired) electrons. The van der Waals surface area contributed by atoms with E-state index < -0.39 is 6.04 Å². The van der Waals surface area contributed by atoms with Crippen LogP contribution in [0, 0.1) is 13.8 Å². The van der Waals surface area contributed by atoms with Crippen LogP contribution in [0.3, 0.4) is 0 Å². The van der Waals surface area contributed by atoms with Crippen LogP contribution >= 0.6 is 11.6 Å². The van der Waals surface area contributed by atoms with E-state index in [2.05, 4.69) is 12.2 Å². The van der Waals surface area contributed by atoms with Crippen LogP contribution in [-0.4, -0.2) is 35.9 Å². The summed E-state index contributed by atoms with van der Waals surface area (Å²) in [5.74, 6) is 0.152. The maximum atomic E-state index is 13.6. The second kappa shape index (κ2) is 13.7. The van der Waals surface area contributed by atoms with Gasteiger partial charge in [0.2, 0.25) is 5.91 Å². The average molecular weight is 507 g/mol. The van der Waals surface area contributed by atoms with Crippen LogP contribution in [0.2, 0.25) is 5.02 Å². The van der Waals surface area contributed by atoms with E-state index in [1.807, 2.05) is 68.4 Å². The number of halogens is 1. The fourth-order valence-electron chi connectivity index (χ4n) is 4.00. The van der Waals surface area contributed by atoms with Gasteiger partial charge < -0.3 is 15.0 Å². The Morgan fingerprint density at radius 1 is 0.972 bits per heavy atom. The van der Waals surface area contributed by atoms with Crippen molar-refractivity contribution >= 4 is 23.4 Å². The molecule has 0 bridgehead atoms. The van der Waals surface area contributed by atoms with Crippen molar-refractivity contribution in [2.24, 2.45) is 0 Å². The standard InChI is InChI=1S/C30H35ClN2O3/c1-4-5-16-32-30(35)28(19-24-11-7-6-8-12-24)33(20-25-13-9-10-22(2)17-25)29(34)21-36-26-14-15-27(31)23(3)18-26/h6-15,17-18,28H,4-5,16,19-21H2,1-3H3,(H,32,35)/t28-/m1/s1. The zero-order valence-electron chi connectivity index (χ0n) is 21.3. The van der Waals surface area contributed by atoms with Crippen LogP contribution in [0.25, 0.3) is 0 Å². The molecule has 0 heterocycles. The third kappa shape index (κ3) is 8.13. The van der Waals surface area contributed by atoms with E-state index in [4.69, 9.17) is 16.3 Å². The molecule has 3 aromatic carbocycles. The van der Waals surface area contributed by atoms with E-state index in [0.29, 0.717) is 30.3 Å². The van der Waals surface area contributed by atoms with Gasteiger partial charge >= 0.3 is 0 Å². The molecule has 3 aromatic rings. The Hall–Kier alpha value is -3.31. The summed E-state index contributed by atoms with van der Waals surface area (Å²) in [5, 5.41) is 3.68. The Bertz CT molecular complexity index is 1150. The van der Waals surface area contributed by atoms with Gasteiger partial charge in [-0.2, -0.15) is 0 Å². The van der Waals surface area contributed by atoms with Gasteiger partial charge in [-0.1, -0.05) is 85.1 Å². The average Bonchev–Trinajstić information content (AvgIpc) is 2.87. The lowest BCUT2D eigenvalue weighted by Gasteiger charge is -2.31. The van der Waals surface area contributed by atoms with E-state index in [-0.39, 0.29) is 18.4 Å². The maximum Gasteiger partial charge on any atom is 0.261 e. The van der Waals surface area contributed by atoms with Crippen LogP contribution in [-0.2, 0) is 22.6 Å². The maximum absolute atomic E-state index is 13.6. The molecule has 0 aliphatic rings. The molecular formula is C30H35ClN2O3. The summed E-state index contributed by atoms with van der Waals surface area (Å²) in [6, 6.07) is 22.4. The topological polar surface area (TPSA) is 58.6 Å². The third-order valence-corrected chi connectivity index (χ3v) is 6.45. The van der Waals surface area contributed by atoms with Gasteiger partial charge in [0.05, 0.1) is 0 Å². The first kappa shape index (κ1) is 27.3. The number of amides is 2. The number of unbranched alkanes of at least 4 members (excludes halogenated alkanes) is 1. The highest BCUT2D eigenvalue weighted by atomic mass is 35.5. The Labute approximate surface area is 219 Å². The first-order valence-corrected chi connectivity index (χ1v) is 12.8. The van der Waals surface area contributed by atoms with E-state index in [1.165, 1.54) is 0 Å². The Balaban J connectivity index is 1.89. The molecule has 190 valence electrons. The van der Waals surface area contributed by atoms with Crippen molar-refractivity contribution < 1.29 is 14.3 Å². The number of hydrogen-bond acceptors (Lipinski definition) is 3. The number of carbonyl (C=O) groups excluding carboxylic acids is 2. The highest BCUT2D eigenvalue weighted by Gasteiger charge is 2.30. The molecule has 0 aliphatic carbocycles. The highest BCUT2D eigenvalue weighted by molar-refractivity contribution is 6.31. The van der Waals surface area contributed by atoms with Crippen molar-refractivity contribution in [1.29, 1.82) is 0 Å². The van der Waals surface area contributed by atoms with Crippen molar-refractivity contribution in [2.45, 2.75) is 52.6 Å². The predicted octanol–water partition coefficient (Wildman–Crippen LogP) is 5.89. The fourth-order valence-corrected chi connectivity index (χ4v) is 4.12. The van der Waals surface area contributed by atoms with Crippen molar-refractivity contribution in [3.05, 3.63) is 100 Å². The number of carbonyl (C=O) groups is 2. The molecule has 0 aliphatic heterocycles. The van der Waals surface area contributed by atoms with Crippen LogP contribution < -0.4 is 10.1 Å². The molecule has 5 nitrogen and oxygen atoms in total. The summed E-state index contributed by atoms with van der Waals surface area (Å²) in [7, 11) is 0. The number of hydrogen-bond donors (Lipinski definition) is 1. The molecule has 0 saturated heterocycles. The van der Waals surface area contributed by atoms with Gasteiger partial charge in [-0.25, -0.2) is 0 Å². The molecule has 36 heavy (non-hydrogen) atoms. The van der Waals surface area contributed by atoms with Gasteiger partial charge in [-0.3, -0.25) is 9.59 Å². The Morgan fingerprint density at radius 2 is 1.72 bits per heavy atom. The van der Waals surface area contributed by atoms with Crippen LogP contribution in [0.4, 0.5) is 0 Å². The van der Waals surface area contributed by atoms with E-state index in [9.17, 15) is 9.59 Å². The first-order chi connectivity index (χ1) is 17.4. The molecule has 0 unspecified atom stereocenters. The van der Waals surface area contributed by atoms with Crippen LogP contribution in [0.15, 0.2) is 72.8 Å². The molecule has 0 fully saturated rings. The van der Waals surface area contributed by atoms with E-state index in [0.717, 1.165) is 35.1 Å². The summed E-state index contributed by atoms with van der Waals surface area (Å²) in [6.07, 6.45) is 2.27. The predicted molar refractivity (Wildman–Crippen MR) is 145 cm³/mol. The molecule has 1 atom stereocenters. The Morgan fingerprint density at radius 3 is 2.42 bits per heavy atom. The molecule has 0 saturated carbocycles. The quantitative estimate of drug-likeness (QED) is 0.311. The monoisotopic (exact) mass is 506 g/mol. The highest BCUT2D eigenvalue weighted by Crippen LogP contribution is 2.22. The summed E-state index contributed by atoms with van der Waals surface area (Å²) in [6.45, 7) is 6.69. The van der Waals surface area contributed by atoms with Crippen molar-refractivity contribution in [2.75, 3.05) is 13.2 Å². The van der Waals surface area contributed by atoms with Crippen molar-refractivity contribution in [1.82, 2.24) is 10.2 Å². The second-order valence-electron chi connectivity index (χ2n) is 9.06. The number of rotatable bonds is 12. The molecular weight excluding hydrogens is 472 g/mol. The lowest BCUT2D eigenvalue weighted by atomic mass is 10.0. The smallest absolute Gasteiger partial charge is 0.261 e. The van der Waals surface area contributed by atoms with Gasteiger partial charge in [-0.05, 0) is 55.2 Å². The molecule has 2 amide bonds. The fraction of sp³-hybridized carbons (Fsp3) is 0.333. The summed E-state index contributed by atoms with van der Waals surface area (Å²) in [4.78, 5) is 28.7. The SMILES string of the molecule is CCCCNC(=O)[C@@H](Cc1ccccc1)N(Cc1cccc(C)c1)C(=O)COc1ccc(Cl)c(C)c1.